The molecule has 3 heteroatoms. The molecule has 0 amide bonds. The van der Waals surface area contributed by atoms with Crippen LogP contribution in [0.4, 0.5) is 0 Å². The van der Waals surface area contributed by atoms with Crippen molar-refractivity contribution in [2.75, 3.05) is 6.61 Å². The van der Waals surface area contributed by atoms with Gasteiger partial charge in [-0.25, -0.2) is 0 Å². The highest BCUT2D eigenvalue weighted by Crippen LogP contribution is 2.29. The second kappa shape index (κ2) is 7.29. The lowest BCUT2D eigenvalue weighted by molar-refractivity contribution is 0.309. The largest absolute Gasteiger partial charge is 0.494 e. The average molecular weight is 290 g/mol. The highest BCUT2D eigenvalue weighted by Gasteiger charge is 2.12. The number of unbranched alkanes of at least 4 members (excludes halogenated alkanes) is 1. The van der Waals surface area contributed by atoms with Gasteiger partial charge in [-0.2, -0.15) is 10.5 Å². The van der Waals surface area contributed by atoms with Gasteiger partial charge in [-0.05, 0) is 36.6 Å². The second-order valence-electron chi connectivity index (χ2n) is 5.13. The summed E-state index contributed by atoms with van der Waals surface area (Å²) in [7, 11) is 0. The molecule has 3 nitrogen and oxygen atoms in total. The predicted molar refractivity (Wildman–Crippen MR) is 86.4 cm³/mol. The normalized spacial score (nSPS) is 9.82. The number of hydrogen-bond donors (Lipinski definition) is 0. The molecule has 0 saturated heterocycles. The maximum atomic E-state index is 9.39. The third-order valence-corrected chi connectivity index (χ3v) is 3.57. The van der Waals surface area contributed by atoms with E-state index in [1.54, 1.807) is 0 Å². The fourth-order valence-electron chi connectivity index (χ4n) is 2.27. The van der Waals surface area contributed by atoms with Crippen LogP contribution in [0.2, 0.25) is 0 Å². The SMILES string of the molecule is CCCCOc1ccc(-c2ccc(C)c(C#N)c2C#N)cc1. The van der Waals surface area contributed by atoms with E-state index in [1.165, 1.54) is 0 Å². The van der Waals surface area contributed by atoms with Gasteiger partial charge in [0.25, 0.3) is 0 Å². The minimum atomic E-state index is 0.433. The van der Waals surface area contributed by atoms with Crippen molar-refractivity contribution in [1.82, 2.24) is 0 Å². The molecule has 22 heavy (non-hydrogen) atoms. The van der Waals surface area contributed by atoms with E-state index < -0.39 is 0 Å². The van der Waals surface area contributed by atoms with Gasteiger partial charge in [0, 0.05) is 5.56 Å². The molecule has 0 aliphatic carbocycles. The Kier molecular flexibility index (Phi) is 5.17. The highest BCUT2D eigenvalue weighted by atomic mass is 16.5. The quantitative estimate of drug-likeness (QED) is 0.757. The lowest BCUT2D eigenvalue weighted by Gasteiger charge is -2.10. The Morgan fingerprint density at radius 1 is 0.955 bits per heavy atom. The summed E-state index contributed by atoms with van der Waals surface area (Å²) < 4.78 is 5.64. The van der Waals surface area contributed by atoms with Gasteiger partial charge in [-0.15, -0.1) is 0 Å². The molecule has 0 radical (unpaired) electrons. The van der Waals surface area contributed by atoms with Crippen LogP contribution in [0.5, 0.6) is 5.75 Å². The van der Waals surface area contributed by atoms with Crippen molar-refractivity contribution in [2.45, 2.75) is 26.7 Å². The zero-order chi connectivity index (χ0) is 15.9. The number of nitrogens with zero attached hydrogens (tertiary/aromatic N) is 2. The van der Waals surface area contributed by atoms with E-state index in [2.05, 4.69) is 19.1 Å². The molecule has 2 aromatic rings. The van der Waals surface area contributed by atoms with Gasteiger partial charge in [-0.1, -0.05) is 37.6 Å². The Labute approximate surface area is 131 Å². The van der Waals surface area contributed by atoms with Gasteiger partial charge in [-0.3, -0.25) is 0 Å². The summed E-state index contributed by atoms with van der Waals surface area (Å²) in [5.41, 5.74) is 3.40. The van der Waals surface area contributed by atoms with Crippen molar-refractivity contribution in [3.8, 4) is 29.0 Å². The molecule has 2 aromatic carbocycles. The third kappa shape index (κ3) is 3.27. The number of hydrogen-bond acceptors (Lipinski definition) is 3. The zero-order valence-corrected chi connectivity index (χ0v) is 12.9. The molecule has 2 rings (SSSR count). The Morgan fingerprint density at radius 2 is 1.64 bits per heavy atom. The molecule has 0 saturated carbocycles. The minimum Gasteiger partial charge on any atom is -0.494 e. The number of rotatable bonds is 5. The number of aryl methyl sites for hydroxylation is 1. The van der Waals surface area contributed by atoms with Gasteiger partial charge >= 0.3 is 0 Å². The number of nitriles is 2. The van der Waals surface area contributed by atoms with Crippen LogP contribution in [0.1, 0.15) is 36.5 Å². The van der Waals surface area contributed by atoms with E-state index in [9.17, 15) is 10.5 Å². The molecule has 0 unspecified atom stereocenters. The maximum Gasteiger partial charge on any atom is 0.119 e. The van der Waals surface area contributed by atoms with Crippen LogP contribution in [0.25, 0.3) is 11.1 Å². The Bertz CT molecular complexity index is 734. The van der Waals surface area contributed by atoms with Crippen LogP contribution in [0, 0.1) is 29.6 Å². The van der Waals surface area contributed by atoms with Crippen molar-refractivity contribution >= 4 is 0 Å². The first-order chi connectivity index (χ1) is 10.7. The molecule has 0 fully saturated rings. The molecule has 0 atom stereocenters. The minimum absolute atomic E-state index is 0.433. The fraction of sp³-hybridized carbons (Fsp3) is 0.263. The van der Waals surface area contributed by atoms with Crippen molar-refractivity contribution < 1.29 is 4.74 Å². The van der Waals surface area contributed by atoms with Gasteiger partial charge in [0.2, 0.25) is 0 Å². The van der Waals surface area contributed by atoms with Crippen molar-refractivity contribution in [1.29, 1.82) is 10.5 Å². The van der Waals surface area contributed by atoms with E-state index >= 15 is 0 Å². The number of benzene rings is 2. The summed E-state index contributed by atoms with van der Waals surface area (Å²) in [5.74, 6) is 0.823. The van der Waals surface area contributed by atoms with E-state index in [4.69, 9.17) is 4.74 Å². The molecule has 0 heterocycles. The fourth-order valence-corrected chi connectivity index (χ4v) is 2.27. The second-order valence-corrected chi connectivity index (χ2v) is 5.13. The van der Waals surface area contributed by atoms with E-state index in [0.29, 0.717) is 17.7 Å². The molecule has 0 aliphatic rings. The molecule has 0 N–H and O–H groups in total. The predicted octanol–water partition coefficient (Wildman–Crippen LogP) is 4.58. The number of ether oxygens (including phenoxy) is 1. The first-order valence-corrected chi connectivity index (χ1v) is 7.38. The molecular weight excluding hydrogens is 272 g/mol. The van der Waals surface area contributed by atoms with E-state index in [0.717, 1.165) is 35.3 Å². The van der Waals surface area contributed by atoms with E-state index in [1.807, 2.05) is 43.3 Å². The summed E-state index contributed by atoms with van der Waals surface area (Å²) in [6, 6.07) is 15.7. The Hall–Kier alpha value is -2.78. The van der Waals surface area contributed by atoms with Crippen LogP contribution in [-0.4, -0.2) is 6.61 Å². The monoisotopic (exact) mass is 290 g/mol. The third-order valence-electron chi connectivity index (χ3n) is 3.57. The standard InChI is InChI=1S/C19H18N2O/c1-3-4-11-22-16-8-6-15(7-9-16)17-10-5-14(2)18(12-20)19(17)13-21/h5-10H,3-4,11H2,1-2H3. The van der Waals surface area contributed by atoms with Crippen LogP contribution >= 0.6 is 0 Å². The Balaban J connectivity index is 2.33. The van der Waals surface area contributed by atoms with Crippen LogP contribution < -0.4 is 4.74 Å². The molecular formula is C19H18N2O. The van der Waals surface area contributed by atoms with Gasteiger partial charge in [0.1, 0.15) is 17.9 Å². The first kappa shape index (κ1) is 15.6. The lowest BCUT2D eigenvalue weighted by atomic mass is 9.93. The molecule has 0 bridgehead atoms. The summed E-state index contributed by atoms with van der Waals surface area (Å²) >= 11 is 0. The maximum absolute atomic E-state index is 9.39. The van der Waals surface area contributed by atoms with Crippen LogP contribution in [0.15, 0.2) is 36.4 Å². The van der Waals surface area contributed by atoms with Gasteiger partial charge < -0.3 is 4.74 Å². The molecule has 0 spiro atoms. The lowest BCUT2D eigenvalue weighted by Crippen LogP contribution is -1.96. The smallest absolute Gasteiger partial charge is 0.119 e. The zero-order valence-electron chi connectivity index (χ0n) is 12.9. The van der Waals surface area contributed by atoms with Crippen LogP contribution in [-0.2, 0) is 0 Å². The summed E-state index contributed by atoms with van der Waals surface area (Å²) in [4.78, 5) is 0. The average Bonchev–Trinajstić information content (AvgIpc) is 2.55. The van der Waals surface area contributed by atoms with E-state index in [-0.39, 0.29) is 0 Å². The topological polar surface area (TPSA) is 56.8 Å². The highest BCUT2D eigenvalue weighted by molar-refractivity contribution is 5.75. The molecule has 0 aliphatic heterocycles. The Morgan fingerprint density at radius 3 is 2.23 bits per heavy atom. The van der Waals surface area contributed by atoms with Crippen molar-refractivity contribution in [3.05, 3.63) is 53.1 Å². The van der Waals surface area contributed by atoms with Gasteiger partial charge in [0.05, 0.1) is 17.7 Å². The summed E-state index contributed by atoms with van der Waals surface area (Å²) in [6.45, 7) is 4.68. The summed E-state index contributed by atoms with van der Waals surface area (Å²) in [6.07, 6.45) is 2.13. The van der Waals surface area contributed by atoms with Crippen molar-refractivity contribution in [3.63, 3.8) is 0 Å². The molecule has 110 valence electrons. The van der Waals surface area contributed by atoms with Gasteiger partial charge in [0.15, 0.2) is 0 Å². The van der Waals surface area contributed by atoms with Crippen molar-refractivity contribution in [2.24, 2.45) is 0 Å². The molecule has 0 aromatic heterocycles. The summed E-state index contributed by atoms with van der Waals surface area (Å²) in [5, 5.41) is 18.6. The first-order valence-electron chi connectivity index (χ1n) is 7.38. The van der Waals surface area contributed by atoms with Crippen LogP contribution in [0.3, 0.4) is 0 Å².